The zero-order valence-corrected chi connectivity index (χ0v) is 16.6. The van der Waals surface area contributed by atoms with Gasteiger partial charge in [0.15, 0.2) is 0 Å². The Hall–Kier alpha value is -0.123. The van der Waals surface area contributed by atoms with E-state index in [-0.39, 0.29) is 12.2 Å². The van der Waals surface area contributed by atoms with Crippen molar-refractivity contribution in [1.29, 1.82) is 0 Å². The predicted octanol–water partition coefficient (Wildman–Crippen LogP) is 5.68. The van der Waals surface area contributed by atoms with E-state index in [1.54, 1.807) is 0 Å². The molecule has 0 saturated carbocycles. The molecule has 0 aromatic rings. The number of aliphatic hydroxyl groups is 1. The summed E-state index contributed by atoms with van der Waals surface area (Å²) in [7, 11) is -1.86. The minimum absolute atomic E-state index is 0.106. The molecule has 0 aromatic carbocycles. The normalized spacial score (nSPS) is 16.4. The van der Waals surface area contributed by atoms with E-state index in [1.807, 2.05) is 6.08 Å². The quantitative estimate of drug-likeness (QED) is 0.415. The van der Waals surface area contributed by atoms with Crippen LogP contribution >= 0.6 is 0 Å². The van der Waals surface area contributed by atoms with E-state index in [0.29, 0.717) is 16.6 Å². The van der Waals surface area contributed by atoms with E-state index in [2.05, 4.69) is 61.5 Å². The smallest absolute Gasteiger partial charge is 0.201 e. The Morgan fingerprint density at radius 1 is 1.00 bits per heavy atom. The lowest BCUT2D eigenvalue weighted by atomic mass is 9.96. The molecule has 0 aliphatic carbocycles. The SMILES string of the molecule is CCC[C@](C)(C/C=C/CO)O[Si](C(C)C)(C(C)C)C(C)C. The van der Waals surface area contributed by atoms with Gasteiger partial charge in [-0.15, -0.1) is 0 Å². The van der Waals surface area contributed by atoms with Crippen LogP contribution in [0.2, 0.25) is 16.6 Å². The van der Waals surface area contributed by atoms with E-state index in [9.17, 15) is 0 Å². The second kappa shape index (κ2) is 9.11. The van der Waals surface area contributed by atoms with E-state index >= 15 is 0 Å². The van der Waals surface area contributed by atoms with Gasteiger partial charge in [-0.2, -0.15) is 0 Å². The van der Waals surface area contributed by atoms with E-state index in [4.69, 9.17) is 9.53 Å². The highest BCUT2D eigenvalue weighted by Crippen LogP contribution is 2.46. The van der Waals surface area contributed by atoms with Crippen molar-refractivity contribution >= 4 is 8.32 Å². The first-order valence-corrected chi connectivity index (χ1v) is 10.8. The van der Waals surface area contributed by atoms with Gasteiger partial charge in [0.2, 0.25) is 8.32 Å². The van der Waals surface area contributed by atoms with Crippen molar-refractivity contribution in [3.63, 3.8) is 0 Å². The highest BCUT2D eigenvalue weighted by Gasteiger charge is 2.48. The Morgan fingerprint density at radius 3 is 1.81 bits per heavy atom. The molecule has 0 aliphatic rings. The molecule has 0 spiro atoms. The molecular weight excluding hydrogens is 276 g/mol. The monoisotopic (exact) mass is 314 g/mol. The Morgan fingerprint density at radius 2 is 1.48 bits per heavy atom. The molecule has 3 heteroatoms. The van der Waals surface area contributed by atoms with Crippen LogP contribution in [0, 0.1) is 0 Å². The molecule has 1 atom stereocenters. The maximum absolute atomic E-state index is 8.97. The summed E-state index contributed by atoms with van der Waals surface area (Å²) in [5, 5.41) is 8.97. The molecule has 21 heavy (non-hydrogen) atoms. The van der Waals surface area contributed by atoms with Crippen LogP contribution in [-0.2, 0) is 4.43 Å². The lowest BCUT2D eigenvalue weighted by Gasteiger charge is -2.48. The zero-order chi connectivity index (χ0) is 16.7. The Labute approximate surface area is 134 Å². The van der Waals surface area contributed by atoms with Crippen LogP contribution in [0.25, 0.3) is 0 Å². The minimum atomic E-state index is -1.86. The standard InChI is InChI=1S/C18H38O2Si/c1-9-12-18(8,13-10-11-14-19)20-21(15(2)3,16(4)5)17(6)7/h10-11,15-17,19H,9,12-14H2,1-8H3/b11-10+/t18-/m1/s1. The second-order valence-electron chi connectivity index (χ2n) is 7.48. The topological polar surface area (TPSA) is 29.5 Å². The fourth-order valence-electron chi connectivity index (χ4n) is 3.91. The first-order valence-electron chi connectivity index (χ1n) is 8.62. The number of hydrogen-bond donors (Lipinski definition) is 1. The highest BCUT2D eigenvalue weighted by molar-refractivity contribution is 6.77. The van der Waals surface area contributed by atoms with Crippen LogP contribution in [0.3, 0.4) is 0 Å². The van der Waals surface area contributed by atoms with Gasteiger partial charge in [-0.25, -0.2) is 0 Å². The van der Waals surface area contributed by atoms with Crippen LogP contribution in [0.15, 0.2) is 12.2 Å². The number of rotatable bonds is 10. The van der Waals surface area contributed by atoms with E-state index in [0.717, 1.165) is 19.3 Å². The summed E-state index contributed by atoms with van der Waals surface area (Å²) in [5.41, 5.74) is 1.72. The van der Waals surface area contributed by atoms with Crippen molar-refractivity contribution in [3.8, 4) is 0 Å². The van der Waals surface area contributed by atoms with Gasteiger partial charge in [0.1, 0.15) is 0 Å². The van der Waals surface area contributed by atoms with Gasteiger partial charge in [0, 0.05) is 0 Å². The van der Waals surface area contributed by atoms with Gasteiger partial charge in [-0.3, -0.25) is 0 Å². The molecule has 0 aromatic heterocycles. The molecule has 126 valence electrons. The van der Waals surface area contributed by atoms with Gasteiger partial charge in [0.25, 0.3) is 0 Å². The Kier molecular flexibility index (Phi) is 9.06. The summed E-state index contributed by atoms with van der Waals surface area (Å²) in [5.74, 6) is 0. The molecule has 2 nitrogen and oxygen atoms in total. The zero-order valence-electron chi connectivity index (χ0n) is 15.6. The summed E-state index contributed by atoms with van der Waals surface area (Å²) < 4.78 is 7.00. The third-order valence-corrected chi connectivity index (χ3v) is 11.0. The average Bonchev–Trinajstić information content (AvgIpc) is 2.35. The molecule has 0 fully saturated rings. The van der Waals surface area contributed by atoms with Crippen molar-refractivity contribution in [2.45, 2.75) is 96.9 Å². The molecule has 0 heterocycles. The van der Waals surface area contributed by atoms with Crippen LogP contribution in [-0.4, -0.2) is 25.6 Å². The van der Waals surface area contributed by atoms with Crippen LogP contribution in [0.4, 0.5) is 0 Å². The second-order valence-corrected chi connectivity index (χ2v) is 12.9. The van der Waals surface area contributed by atoms with E-state index in [1.165, 1.54) is 0 Å². The molecule has 0 aliphatic heterocycles. The maximum Gasteiger partial charge on any atom is 0.201 e. The summed E-state index contributed by atoms with van der Waals surface area (Å²) in [4.78, 5) is 0. The lowest BCUT2D eigenvalue weighted by Crippen LogP contribution is -2.53. The van der Waals surface area contributed by atoms with Crippen LogP contribution < -0.4 is 0 Å². The average molecular weight is 315 g/mol. The fraction of sp³-hybridized carbons (Fsp3) is 0.889. The Balaban J connectivity index is 5.44. The molecule has 0 amide bonds. The fourth-order valence-corrected chi connectivity index (χ4v) is 9.66. The van der Waals surface area contributed by atoms with Gasteiger partial charge in [0.05, 0.1) is 12.2 Å². The van der Waals surface area contributed by atoms with Crippen LogP contribution in [0.1, 0.15) is 74.7 Å². The van der Waals surface area contributed by atoms with Gasteiger partial charge in [-0.05, 0) is 36.4 Å². The van der Waals surface area contributed by atoms with Crippen LogP contribution in [0.5, 0.6) is 0 Å². The lowest BCUT2D eigenvalue weighted by molar-refractivity contribution is 0.0600. The summed E-state index contributed by atoms with van der Waals surface area (Å²) in [6.45, 7) is 18.6. The molecule has 1 N–H and O–H groups in total. The predicted molar refractivity (Wildman–Crippen MR) is 96.3 cm³/mol. The Bertz CT molecular complexity index is 289. The molecule has 0 radical (unpaired) electrons. The number of hydrogen-bond acceptors (Lipinski definition) is 2. The van der Waals surface area contributed by atoms with Crippen molar-refractivity contribution in [1.82, 2.24) is 0 Å². The molecular formula is C18H38O2Si. The van der Waals surface area contributed by atoms with Gasteiger partial charge in [-0.1, -0.05) is 67.0 Å². The van der Waals surface area contributed by atoms with Gasteiger partial charge >= 0.3 is 0 Å². The van der Waals surface area contributed by atoms with Crippen molar-refractivity contribution in [2.24, 2.45) is 0 Å². The highest BCUT2D eigenvalue weighted by atomic mass is 28.4. The maximum atomic E-state index is 8.97. The molecule has 0 saturated heterocycles. The molecule has 0 unspecified atom stereocenters. The van der Waals surface area contributed by atoms with Gasteiger partial charge < -0.3 is 9.53 Å². The minimum Gasteiger partial charge on any atom is -0.411 e. The first-order chi connectivity index (χ1) is 9.66. The third-order valence-electron chi connectivity index (χ3n) is 4.73. The summed E-state index contributed by atoms with van der Waals surface area (Å²) in [6, 6.07) is 0. The summed E-state index contributed by atoms with van der Waals surface area (Å²) >= 11 is 0. The molecule has 0 rings (SSSR count). The van der Waals surface area contributed by atoms with Crippen molar-refractivity contribution in [3.05, 3.63) is 12.2 Å². The third kappa shape index (κ3) is 5.54. The van der Waals surface area contributed by atoms with Crippen molar-refractivity contribution < 1.29 is 9.53 Å². The summed E-state index contributed by atoms with van der Waals surface area (Å²) in [6.07, 6.45) is 7.00. The number of aliphatic hydroxyl groups excluding tert-OH is 1. The van der Waals surface area contributed by atoms with E-state index < -0.39 is 8.32 Å². The first kappa shape index (κ1) is 20.9. The molecule has 0 bridgehead atoms. The largest absolute Gasteiger partial charge is 0.411 e. The van der Waals surface area contributed by atoms with Crippen molar-refractivity contribution in [2.75, 3.05) is 6.61 Å².